The van der Waals surface area contributed by atoms with Gasteiger partial charge < -0.3 is 15.6 Å². The molecule has 0 fully saturated rings. The minimum atomic E-state index is -4.75. The predicted molar refractivity (Wildman–Crippen MR) is 87.2 cm³/mol. The van der Waals surface area contributed by atoms with Gasteiger partial charge in [0.05, 0.1) is 10.5 Å². The Bertz CT molecular complexity index is 681. The van der Waals surface area contributed by atoms with Gasteiger partial charge in [0.25, 0.3) is 0 Å². The molecule has 0 aliphatic carbocycles. The zero-order valence-corrected chi connectivity index (χ0v) is 14.4. The Hall–Kier alpha value is -1.15. The molecule has 126 valence electrons. The van der Waals surface area contributed by atoms with Gasteiger partial charge in [0.15, 0.2) is 0 Å². The normalized spacial score (nSPS) is 12.4. The molecule has 3 nitrogen and oxygen atoms in total. The van der Waals surface area contributed by atoms with Gasteiger partial charge in [-0.25, -0.2) is 0 Å². The third kappa shape index (κ3) is 4.91. The molecule has 0 aromatic heterocycles. The van der Waals surface area contributed by atoms with E-state index in [1.165, 1.54) is 12.1 Å². The molecule has 2 aromatic carbocycles. The predicted octanol–water partition coefficient (Wildman–Crippen LogP) is 5.18. The summed E-state index contributed by atoms with van der Waals surface area (Å²) in [6, 6.07) is 7.36. The summed E-state index contributed by atoms with van der Waals surface area (Å²) in [7, 11) is 0. The molecular formula is C14H11BrCl2F3NO2. The van der Waals surface area contributed by atoms with Crippen LogP contribution in [0.5, 0.6) is 11.5 Å². The number of halogens is 6. The second-order valence-electron chi connectivity index (χ2n) is 4.39. The molecule has 3 N–H and O–H groups in total. The van der Waals surface area contributed by atoms with Crippen molar-refractivity contribution in [1.29, 1.82) is 0 Å². The summed E-state index contributed by atoms with van der Waals surface area (Å²) in [5, 5.41) is 10.3. The van der Waals surface area contributed by atoms with Crippen molar-refractivity contribution in [1.82, 2.24) is 0 Å². The smallest absolute Gasteiger partial charge is 0.506 e. The Kier molecular flexibility index (Phi) is 6.59. The number of nitrogens with two attached hydrogens (primary N) is 1. The fourth-order valence-corrected chi connectivity index (χ4v) is 2.51. The number of hydrogen-bond acceptors (Lipinski definition) is 3. The van der Waals surface area contributed by atoms with Crippen LogP contribution in [0.15, 0.2) is 40.9 Å². The molecule has 0 unspecified atom stereocenters. The summed E-state index contributed by atoms with van der Waals surface area (Å²) < 4.78 is 40.5. The first-order chi connectivity index (χ1) is 10.2. The Morgan fingerprint density at radius 1 is 1.13 bits per heavy atom. The summed E-state index contributed by atoms with van der Waals surface area (Å²) in [5.41, 5.74) is 6.79. The van der Waals surface area contributed by atoms with E-state index < -0.39 is 12.4 Å². The average molecular weight is 433 g/mol. The lowest BCUT2D eigenvalue weighted by Crippen LogP contribution is -2.17. The lowest BCUT2D eigenvalue weighted by atomic mass is 9.98. The fraction of sp³-hybridized carbons (Fsp3) is 0.143. The highest BCUT2D eigenvalue weighted by Gasteiger charge is 2.31. The fourth-order valence-electron chi connectivity index (χ4n) is 1.90. The Morgan fingerprint density at radius 3 is 2.22 bits per heavy atom. The van der Waals surface area contributed by atoms with Crippen molar-refractivity contribution in [2.24, 2.45) is 5.73 Å². The maximum Gasteiger partial charge on any atom is 0.573 e. The van der Waals surface area contributed by atoms with E-state index >= 15 is 0 Å². The molecular weight excluding hydrogens is 422 g/mol. The topological polar surface area (TPSA) is 55.5 Å². The van der Waals surface area contributed by atoms with Gasteiger partial charge in [-0.1, -0.05) is 23.7 Å². The van der Waals surface area contributed by atoms with Crippen molar-refractivity contribution in [3.63, 3.8) is 0 Å². The monoisotopic (exact) mass is 431 g/mol. The summed E-state index contributed by atoms with van der Waals surface area (Å²) in [6.45, 7) is 0. The third-order valence-electron chi connectivity index (χ3n) is 2.90. The highest BCUT2D eigenvalue weighted by Crippen LogP contribution is 2.39. The quantitative estimate of drug-likeness (QED) is 0.702. The summed E-state index contributed by atoms with van der Waals surface area (Å²) in [5.74, 6) is -0.469. The van der Waals surface area contributed by atoms with Gasteiger partial charge in [-0.15, -0.1) is 25.6 Å². The number of aromatic hydroxyl groups is 1. The standard InChI is InChI=1S/C14H10BrClF3NO2.ClH/c15-9-5-6-10(16)11(13(9)21)12(20)7-1-3-8(4-2-7)22-14(17,18)19;/h1-6,12,21H,20H2;1H/t12-;/m1./s1. The van der Waals surface area contributed by atoms with E-state index in [9.17, 15) is 18.3 Å². The molecule has 0 amide bonds. The number of phenolic OH excluding ortho intramolecular Hbond substituents is 1. The van der Waals surface area contributed by atoms with E-state index in [1.807, 2.05) is 0 Å². The molecule has 9 heteroatoms. The number of ether oxygens (including phenoxy) is 1. The Balaban J connectivity index is 0.00000264. The number of alkyl halides is 3. The van der Waals surface area contributed by atoms with Gasteiger partial charge in [0.1, 0.15) is 11.5 Å². The minimum Gasteiger partial charge on any atom is -0.506 e. The molecule has 2 rings (SSSR count). The molecule has 0 aliphatic heterocycles. The number of benzene rings is 2. The van der Waals surface area contributed by atoms with Gasteiger partial charge in [-0.05, 0) is 45.8 Å². The van der Waals surface area contributed by atoms with Crippen molar-refractivity contribution in [3.8, 4) is 11.5 Å². The Labute approximate surface area is 149 Å². The van der Waals surface area contributed by atoms with Crippen molar-refractivity contribution in [2.75, 3.05) is 0 Å². The SMILES string of the molecule is Cl.N[C@H](c1ccc(OC(F)(F)F)cc1)c1c(Cl)ccc(Br)c1O. The zero-order valence-electron chi connectivity index (χ0n) is 11.3. The van der Waals surface area contributed by atoms with E-state index in [0.29, 0.717) is 10.0 Å². The van der Waals surface area contributed by atoms with Gasteiger partial charge in [0.2, 0.25) is 0 Å². The molecule has 0 spiro atoms. The van der Waals surface area contributed by atoms with Gasteiger partial charge in [-0.2, -0.15) is 0 Å². The number of phenols is 1. The van der Waals surface area contributed by atoms with Crippen molar-refractivity contribution < 1.29 is 23.0 Å². The first-order valence-electron chi connectivity index (χ1n) is 5.97. The molecule has 0 radical (unpaired) electrons. The average Bonchev–Trinajstić information content (AvgIpc) is 2.42. The molecule has 2 aromatic rings. The van der Waals surface area contributed by atoms with E-state index in [-0.39, 0.29) is 34.5 Å². The number of rotatable bonds is 3. The maximum atomic E-state index is 12.1. The van der Waals surface area contributed by atoms with Crippen LogP contribution in [-0.2, 0) is 0 Å². The maximum absolute atomic E-state index is 12.1. The van der Waals surface area contributed by atoms with Crippen LogP contribution >= 0.6 is 39.9 Å². The van der Waals surface area contributed by atoms with Crippen LogP contribution < -0.4 is 10.5 Å². The van der Waals surface area contributed by atoms with Crippen molar-refractivity contribution >= 4 is 39.9 Å². The zero-order chi connectivity index (χ0) is 16.5. The molecule has 0 aliphatic rings. The summed E-state index contributed by atoms with van der Waals surface area (Å²) >= 11 is 9.19. The third-order valence-corrected chi connectivity index (χ3v) is 3.87. The highest BCUT2D eigenvalue weighted by atomic mass is 79.9. The molecule has 23 heavy (non-hydrogen) atoms. The van der Waals surface area contributed by atoms with E-state index in [2.05, 4.69) is 20.7 Å². The molecule has 0 bridgehead atoms. The van der Waals surface area contributed by atoms with Crippen LogP contribution in [0.25, 0.3) is 0 Å². The lowest BCUT2D eigenvalue weighted by Gasteiger charge is -2.17. The molecule has 1 atom stereocenters. The van der Waals surface area contributed by atoms with Crippen molar-refractivity contribution in [2.45, 2.75) is 12.4 Å². The second-order valence-corrected chi connectivity index (χ2v) is 5.65. The molecule has 0 saturated carbocycles. The first kappa shape index (κ1) is 19.9. The van der Waals surface area contributed by atoms with Gasteiger partial charge in [-0.3, -0.25) is 0 Å². The largest absolute Gasteiger partial charge is 0.573 e. The van der Waals surface area contributed by atoms with Crippen LogP contribution in [0, 0.1) is 0 Å². The van der Waals surface area contributed by atoms with Crippen molar-refractivity contribution in [3.05, 3.63) is 57.0 Å². The molecule has 0 heterocycles. The van der Waals surface area contributed by atoms with E-state index in [1.54, 1.807) is 12.1 Å². The van der Waals surface area contributed by atoms with Crippen LogP contribution in [0.2, 0.25) is 5.02 Å². The summed E-state index contributed by atoms with van der Waals surface area (Å²) in [4.78, 5) is 0. The van der Waals surface area contributed by atoms with Crippen LogP contribution in [0.3, 0.4) is 0 Å². The van der Waals surface area contributed by atoms with Gasteiger partial charge in [0, 0.05) is 10.6 Å². The lowest BCUT2D eigenvalue weighted by molar-refractivity contribution is -0.274. The first-order valence-corrected chi connectivity index (χ1v) is 7.14. The molecule has 0 saturated heterocycles. The van der Waals surface area contributed by atoms with Gasteiger partial charge >= 0.3 is 6.36 Å². The van der Waals surface area contributed by atoms with Crippen LogP contribution in [-0.4, -0.2) is 11.5 Å². The van der Waals surface area contributed by atoms with E-state index in [4.69, 9.17) is 17.3 Å². The van der Waals surface area contributed by atoms with E-state index in [0.717, 1.165) is 12.1 Å². The minimum absolute atomic E-state index is 0. The number of hydrogen-bond donors (Lipinski definition) is 2. The highest BCUT2D eigenvalue weighted by molar-refractivity contribution is 9.10. The van der Waals surface area contributed by atoms with Crippen LogP contribution in [0.4, 0.5) is 13.2 Å². The second kappa shape index (κ2) is 7.61. The summed E-state index contributed by atoms with van der Waals surface area (Å²) in [6.07, 6.45) is -4.75. The Morgan fingerprint density at radius 2 is 1.70 bits per heavy atom. The van der Waals surface area contributed by atoms with Crippen LogP contribution in [0.1, 0.15) is 17.2 Å².